The van der Waals surface area contributed by atoms with Crippen LogP contribution >= 0.6 is 0 Å². The minimum absolute atomic E-state index is 0.143. The molecule has 1 aromatic heterocycles. The molecule has 1 fully saturated rings. The number of nitrogens with zero attached hydrogens (tertiary/aromatic N) is 3. The lowest BCUT2D eigenvalue weighted by Gasteiger charge is -2.34. The van der Waals surface area contributed by atoms with Gasteiger partial charge < -0.3 is 18.9 Å². The van der Waals surface area contributed by atoms with Crippen molar-refractivity contribution in [2.45, 2.75) is 5.75 Å². The van der Waals surface area contributed by atoms with Gasteiger partial charge in [0.25, 0.3) is 5.91 Å². The van der Waals surface area contributed by atoms with Crippen molar-refractivity contribution in [3.8, 4) is 11.5 Å². The monoisotopic (exact) mass is 429 g/mol. The summed E-state index contributed by atoms with van der Waals surface area (Å²) in [6.07, 6.45) is 0. The highest BCUT2D eigenvalue weighted by Gasteiger charge is 2.31. The van der Waals surface area contributed by atoms with E-state index in [0.717, 1.165) is 0 Å². The second kappa shape index (κ2) is 7.29. The number of sulfonamides is 1. The maximum Gasteiger partial charge on any atom is 0.254 e. The lowest BCUT2D eigenvalue weighted by molar-refractivity contribution is 0.0697. The van der Waals surface area contributed by atoms with Crippen molar-refractivity contribution in [2.75, 3.05) is 33.0 Å². The Balaban J connectivity index is 1.25. The molecule has 1 amide bonds. The van der Waals surface area contributed by atoms with Gasteiger partial charge in [-0.1, -0.05) is 17.3 Å². The highest BCUT2D eigenvalue weighted by molar-refractivity contribution is 7.88. The topological polar surface area (TPSA) is 102 Å². The second-order valence-corrected chi connectivity index (χ2v) is 9.11. The molecule has 3 aromatic rings. The van der Waals surface area contributed by atoms with Crippen LogP contribution in [0.4, 0.5) is 0 Å². The van der Waals surface area contributed by atoms with Crippen LogP contribution in [0.2, 0.25) is 0 Å². The van der Waals surface area contributed by atoms with Crippen LogP contribution in [0.15, 0.2) is 47.0 Å². The zero-order chi connectivity index (χ0) is 20.7. The second-order valence-electron chi connectivity index (χ2n) is 7.14. The molecule has 0 bridgehead atoms. The van der Waals surface area contributed by atoms with E-state index < -0.39 is 10.0 Å². The quantitative estimate of drug-likeness (QED) is 0.624. The van der Waals surface area contributed by atoms with E-state index in [1.807, 2.05) is 12.1 Å². The largest absolute Gasteiger partial charge is 0.454 e. The minimum atomic E-state index is -3.58. The Labute approximate surface area is 172 Å². The summed E-state index contributed by atoms with van der Waals surface area (Å²) in [4.78, 5) is 14.4. The maximum atomic E-state index is 12.9. The van der Waals surface area contributed by atoms with E-state index in [4.69, 9.17) is 14.0 Å². The molecular weight excluding hydrogens is 410 g/mol. The summed E-state index contributed by atoms with van der Waals surface area (Å²) in [6, 6.07) is 12.2. The Hall–Kier alpha value is -3.11. The van der Waals surface area contributed by atoms with Crippen molar-refractivity contribution in [3.63, 3.8) is 0 Å². The third-order valence-corrected chi connectivity index (χ3v) is 7.10. The molecule has 5 rings (SSSR count). The highest BCUT2D eigenvalue weighted by atomic mass is 32.2. The summed E-state index contributed by atoms with van der Waals surface area (Å²) < 4.78 is 43.0. The van der Waals surface area contributed by atoms with Crippen molar-refractivity contribution in [1.82, 2.24) is 14.4 Å². The zero-order valence-electron chi connectivity index (χ0n) is 16.0. The van der Waals surface area contributed by atoms with Gasteiger partial charge in [0.15, 0.2) is 17.1 Å². The third-order valence-electron chi connectivity index (χ3n) is 5.31. The lowest BCUT2D eigenvalue weighted by Crippen LogP contribution is -2.50. The fourth-order valence-electron chi connectivity index (χ4n) is 3.69. The SMILES string of the molecule is O=C(c1ccc2c(c1)OCO2)N1CCN(S(=O)(=O)Cc2noc3ccccc23)CC1. The van der Waals surface area contributed by atoms with E-state index in [1.54, 1.807) is 35.2 Å². The van der Waals surface area contributed by atoms with Crippen molar-refractivity contribution in [2.24, 2.45) is 0 Å². The number of amides is 1. The van der Waals surface area contributed by atoms with E-state index >= 15 is 0 Å². The van der Waals surface area contributed by atoms with E-state index in [9.17, 15) is 13.2 Å². The average molecular weight is 429 g/mol. The molecule has 3 heterocycles. The van der Waals surface area contributed by atoms with Gasteiger partial charge in [-0.15, -0.1) is 0 Å². The average Bonchev–Trinajstić information content (AvgIpc) is 3.40. The molecule has 2 aliphatic heterocycles. The Kier molecular flexibility index (Phi) is 4.59. The molecule has 9 nitrogen and oxygen atoms in total. The first kappa shape index (κ1) is 18.9. The Morgan fingerprint density at radius 1 is 1.00 bits per heavy atom. The van der Waals surface area contributed by atoms with Crippen molar-refractivity contribution < 1.29 is 27.2 Å². The van der Waals surface area contributed by atoms with Gasteiger partial charge in [0.2, 0.25) is 16.8 Å². The number of para-hydroxylation sites is 1. The molecule has 156 valence electrons. The van der Waals surface area contributed by atoms with Gasteiger partial charge in [0.05, 0.1) is 0 Å². The number of fused-ring (bicyclic) bond motifs is 2. The first-order valence-corrected chi connectivity index (χ1v) is 11.1. The van der Waals surface area contributed by atoms with Gasteiger partial charge in [-0.05, 0) is 30.3 Å². The first-order valence-electron chi connectivity index (χ1n) is 9.51. The van der Waals surface area contributed by atoms with Gasteiger partial charge in [0.1, 0.15) is 11.4 Å². The van der Waals surface area contributed by atoms with Gasteiger partial charge in [-0.3, -0.25) is 4.79 Å². The highest BCUT2D eigenvalue weighted by Crippen LogP contribution is 2.33. The number of aromatic nitrogens is 1. The lowest BCUT2D eigenvalue weighted by atomic mass is 10.1. The molecule has 2 aromatic carbocycles. The van der Waals surface area contributed by atoms with E-state index in [0.29, 0.717) is 46.8 Å². The number of carbonyl (C=O) groups excluding carboxylic acids is 1. The molecule has 0 unspecified atom stereocenters. The van der Waals surface area contributed by atoms with Crippen LogP contribution < -0.4 is 9.47 Å². The fourth-order valence-corrected chi connectivity index (χ4v) is 5.14. The van der Waals surface area contributed by atoms with Gasteiger partial charge in [-0.2, -0.15) is 4.31 Å². The number of hydrogen-bond donors (Lipinski definition) is 0. The van der Waals surface area contributed by atoms with Gasteiger partial charge >= 0.3 is 0 Å². The Morgan fingerprint density at radius 2 is 1.77 bits per heavy atom. The fraction of sp³-hybridized carbons (Fsp3) is 0.300. The third kappa shape index (κ3) is 3.37. The first-order chi connectivity index (χ1) is 14.5. The van der Waals surface area contributed by atoms with Crippen LogP contribution in [0.1, 0.15) is 16.1 Å². The number of ether oxygens (including phenoxy) is 2. The summed E-state index contributed by atoms with van der Waals surface area (Å²) in [6.45, 7) is 1.23. The number of carbonyl (C=O) groups is 1. The zero-order valence-corrected chi connectivity index (χ0v) is 16.8. The summed E-state index contributed by atoms with van der Waals surface area (Å²) in [5.74, 6) is 0.762. The van der Waals surface area contributed by atoms with Crippen LogP contribution in [-0.2, 0) is 15.8 Å². The van der Waals surface area contributed by atoms with E-state index in [-0.39, 0.29) is 31.5 Å². The van der Waals surface area contributed by atoms with Gasteiger partial charge in [-0.25, -0.2) is 8.42 Å². The van der Waals surface area contributed by atoms with Crippen LogP contribution in [0.25, 0.3) is 11.0 Å². The van der Waals surface area contributed by atoms with E-state index in [2.05, 4.69) is 5.16 Å². The van der Waals surface area contributed by atoms with Crippen LogP contribution in [0.3, 0.4) is 0 Å². The molecule has 0 aliphatic carbocycles. The standard InChI is InChI=1S/C20H19N3O6S/c24-20(14-5-6-18-19(11-14)28-13-27-18)22-7-9-23(10-8-22)30(25,26)12-16-15-3-1-2-4-17(15)29-21-16/h1-6,11H,7-10,12-13H2. The number of benzene rings is 2. The van der Waals surface area contributed by atoms with Crippen molar-refractivity contribution >= 4 is 26.9 Å². The minimum Gasteiger partial charge on any atom is -0.454 e. The van der Waals surface area contributed by atoms with Crippen LogP contribution in [-0.4, -0.2) is 61.7 Å². The molecule has 0 radical (unpaired) electrons. The molecular formula is C20H19N3O6S. The van der Waals surface area contributed by atoms with Gasteiger partial charge in [0, 0.05) is 37.1 Å². The summed E-state index contributed by atoms with van der Waals surface area (Å²) in [7, 11) is -3.58. The smallest absolute Gasteiger partial charge is 0.254 e. The molecule has 1 saturated heterocycles. The van der Waals surface area contributed by atoms with E-state index in [1.165, 1.54) is 4.31 Å². The van der Waals surface area contributed by atoms with Crippen LogP contribution in [0.5, 0.6) is 11.5 Å². The number of piperazine rings is 1. The molecule has 2 aliphatic rings. The summed E-state index contributed by atoms with van der Waals surface area (Å²) >= 11 is 0. The molecule has 10 heteroatoms. The molecule has 0 N–H and O–H groups in total. The van der Waals surface area contributed by atoms with Crippen molar-refractivity contribution in [1.29, 1.82) is 0 Å². The Morgan fingerprint density at radius 3 is 2.60 bits per heavy atom. The molecule has 30 heavy (non-hydrogen) atoms. The molecule has 0 saturated carbocycles. The van der Waals surface area contributed by atoms with Crippen LogP contribution in [0, 0.1) is 0 Å². The molecule has 0 spiro atoms. The summed E-state index contributed by atoms with van der Waals surface area (Å²) in [5, 5.41) is 4.61. The predicted octanol–water partition coefficient (Wildman–Crippen LogP) is 1.84. The number of hydrogen-bond acceptors (Lipinski definition) is 7. The summed E-state index contributed by atoms with van der Waals surface area (Å²) in [5.41, 5.74) is 1.44. The Bertz CT molecular complexity index is 1210. The molecule has 0 atom stereocenters. The maximum absolute atomic E-state index is 12.9. The van der Waals surface area contributed by atoms with Crippen molar-refractivity contribution in [3.05, 3.63) is 53.7 Å². The normalized spacial score (nSPS) is 16.9. The predicted molar refractivity (Wildman–Crippen MR) is 107 cm³/mol. The number of rotatable bonds is 4.